The maximum atomic E-state index is 5.26. The molecule has 342 valence electrons. The fraction of sp³-hybridized carbons (Fsp3) is 0.0606. The van der Waals surface area contributed by atoms with Gasteiger partial charge in [0.25, 0.3) is 13.4 Å². The van der Waals surface area contributed by atoms with Gasteiger partial charge >= 0.3 is 0 Å². The molecule has 6 aliphatic rings. The molecule has 0 radical (unpaired) electrons. The molecular formula is C66H41B4N5. The highest BCUT2D eigenvalue weighted by Crippen LogP contribution is 2.43. The SMILES string of the molecule is CC(C)(C)c1cnc(-n2c3cc4c(cc3c3cc5c(cc32)B2c3cc6c(cc3-c3cccc-5c32)-c2ccccc2B6c2ccccn2)-c2cccc3c2B4c2cc4c(cc2-3)-c2ccccc2B4c2ccccn2)nc1. The molecule has 12 aromatic rings. The maximum absolute atomic E-state index is 5.26. The monoisotopic (exact) mass is 947 g/mol. The number of pyridine rings is 2. The maximum Gasteiger partial charge on any atom is 0.266 e. The number of aromatic nitrogens is 5. The van der Waals surface area contributed by atoms with Gasteiger partial charge in [-0.2, -0.15) is 0 Å². The van der Waals surface area contributed by atoms with Crippen LogP contribution in [-0.4, -0.2) is 51.4 Å². The van der Waals surface area contributed by atoms with E-state index in [1.54, 1.807) is 0 Å². The third-order valence-electron chi connectivity index (χ3n) is 18.2. The predicted octanol–water partition coefficient (Wildman–Crippen LogP) is 5.61. The first-order valence-electron chi connectivity index (χ1n) is 26.5. The molecule has 0 spiro atoms. The van der Waals surface area contributed by atoms with Crippen molar-refractivity contribution in [3.8, 4) is 72.7 Å². The van der Waals surface area contributed by atoms with E-state index in [9.17, 15) is 0 Å². The predicted molar refractivity (Wildman–Crippen MR) is 315 cm³/mol. The largest absolute Gasteiger partial charge is 0.278 e. The summed E-state index contributed by atoms with van der Waals surface area (Å²) in [4.78, 5) is 20.4. The molecule has 18 rings (SSSR count). The fourth-order valence-electron chi connectivity index (χ4n) is 15.0. The van der Waals surface area contributed by atoms with E-state index >= 15 is 0 Å². The molecule has 6 aliphatic heterocycles. The lowest BCUT2D eigenvalue weighted by molar-refractivity contribution is 0.583. The van der Waals surface area contributed by atoms with Crippen LogP contribution in [-0.2, 0) is 5.41 Å². The molecule has 0 saturated carbocycles. The summed E-state index contributed by atoms with van der Waals surface area (Å²) >= 11 is 0. The lowest BCUT2D eigenvalue weighted by atomic mass is 9.37. The molecule has 75 heavy (non-hydrogen) atoms. The smallest absolute Gasteiger partial charge is 0.266 e. The quantitative estimate of drug-likeness (QED) is 0.217. The van der Waals surface area contributed by atoms with Crippen LogP contribution in [0.1, 0.15) is 26.3 Å². The van der Waals surface area contributed by atoms with E-state index in [0.29, 0.717) is 5.95 Å². The Balaban J connectivity index is 0.865. The van der Waals surface area contributed by atoms with E-state index in [1.807, 2.05) is 36.9 Å². The van der Waals surface area contributed by atoms with E-state index in [-0.39, 0.29) is 32.3 Å². The second-order valence-corrected chi connectivity index (χ2v) is 22.8. The molecule has 0 fully saturated rings. The topological polar surface area (TPSA) is 56.5 Å². The summed E-state index contributed by atoms with van der Waals surface area (Å²) in [5.41, 5.74) is 35.0. The molecule has 0 unspecified atom stereocenters. The molecule has 8 aromatic carbocycles. The number of fused-ring (bicyclic) bond motifs is 21. The van der Waals surface area contributed by atoms with Crippen molar-refractivity contribution in [2.24, 2.45) is 0 Å². The highest BCUT2D eigenvalue weighted by molar-refractivity contribution is 7.05. The van der Waals surface area contributed by atoms with Gasteiger partial charge in [-0.3, -0.25) is 14.5 Å². The highest BCUT2D eigenvalue weighted by atomic mass is 15.1. The van der Waals surface area contributed by atoms with Crippen LogP contribution in [0.3, 0.4) is 0 Å². The van der Waals surface area contributed by atoms with E-state index in [4.69, 9.17) is 19.9 Å². The van der Waals surface area contributed by atoms with Gasteiger partial charge < -0.3 is 0 Å². The summed E-state index contributed by atoms with van der Waals surface area (Å²) in [6.07, 6.45) is 7.95. The van der Waals surface area contributed by atoms with Crippen LogP contribution in [0.2, 0.25) is 0 Å². The Morgan fingerprint density at radius 1 is 0.333 bits per heavy atom. The molecule has 0 aliphatic carbocycles. The molecule has 10 heterocycles. The summed E-state index contributed by atoms with van der Waals surface area (Å²) in [7, 11) is 0. The Morgan fingerprint density at radius 3 is 1.16 bits per heavy atom. The molecule has 0 N–H and O–H groups in total. The molecule has 0 amide bonds. The van der Waals surface area contributed by atoms with Crippen LogP contribution in [0, 0.1) is 0 Å². The van der Waals surface area contributed by atoms with Crippen LogP contribution >= 0.6 is 0 Å². The van der Waals surface area contributed by atoms with Crippen LogP contribution in [0.5, 0.6) is 0 Å². The Bertz CT molecular complexity index is 4340. The van der Waals surface area contributed by atoms with Gasteiger partial charge in [-0.25, -0.2) is 9.97 Å². The van der Waals surface area contributed by atoms with Gasteiger partial charge in [0.1, 0.15) is 0 Å². The first-order chi connectivity index (χ1) is 36.9. The van der Waals surface area contributed by atoms with E-state index in [0.717, 1.165) is 27.8 Å². The summed E-state index contributed by atoms with van der Waals surface area (Å²) in [5, 5.41) is 2.44. The summed E-state index contributed by atoms with van der Waals surface area (Å²) < 4.78 is 2.38. The minimum atomic E-state index is -0.0893. The van der Waals surface area contributed by atoms with Crippen molar-refractivity contribution in [2.45, 2.75) is 26.2 Å². The number of rotatable bonds is 3. The lowest BCUT2D eigenvalue weighted by Gasteiger charge is -2.18. The molecule has 0 bridgehead atoms. The van der Waals surface area contributed by atoms with Crippen molar-refractivity contribution in [3.63, 3.8) is 0 Å². The Hall–Kier alpha value is -8.80. The van der Waals surface area contributed by atoms with Crippen molar-refractivity contribution in [2.75, 3.05) is 0 Å². The van der Waals surface area contributed by atoms with Gasteiger partial charge in [0, 0.05) is 46.7 Å². The van der Waals surface area contributed by atoms with Crippen LogP contribution in [0.15, 0.2) is 195 Å². The molecule has 5 nitrogen and oxygen atoms in total. The second-order valence-electron chi connectivity index (χ2n) is 22.8. The zero-order valence-electron chi connectivity index (χ0n) is 41.5. The standard InChI is InChI=1S/C66H41B4N5/c1-66(2,3)36-34-73-65(74-35-36)75-59-32-57-47(41-18-12-16-39-45-26-43-37-14-4-6-20-51(37)67(61-22-8-10-24-71-61)53(43)30-55(45)69(57)63(39)41)28-49(59)50-29-48-42-19-13-17-40-46-27-44-38-15-5-7-21-52(38)68(62-23-9-11-25-72-62)54(44)31-56(46)70(64(40)42)58(48)33-60(50)75/h4-35H,1-3H3. The summed E-state index contributed by atoms with van der Waals surface area (Å²) in [6, 6.07) is 64.7. The summed E-state index contributed by atoms with van der Waals surface area (Å²) in [5.74, 6) is 0.691. The normalized spacial score (nSPS) is 14.0. The van der Waals surface area contributed by atoms with Crippen molar-refractivity contribution < 1.29 is 0 Å². The van der Waals surface area contributed by atoms with Gasteiger partial charge in [-0.05, 0) is 138 Å². The van der Waals surface area contributed by atoms with Crippen molar-refractivity contribution >= 4 is 114 Å². The van der Waals surface area contributed by atoms with Crippen molar-refractivity contribution in [1.82, 2.24) is 24.5 Å². The van der Waals surface area contributed by atoms with Gasteiger partial charge in [-0.15, -0.1) is 0 Å². The van der Waals surface area contributed by atoms with Crippen molar-refractivity contribution in [1.29, 1.82) is 0 Å². The average Bonchev–Trinajstić information content (AvgIpc) is 4.38. The molecular weight excluding hydrogens is 906 g/mol. The first-order valence-corrected chi connectivity index (χ1v) is 26.5. The van der Waals surface area contributed by atoms with Crippen LogP contribution in [0.25, 0.3) is 94.5 Å². The third-order valence-corrected chi connectivity index (χ3v) is 18.2. The van der Waals surface area contributed by atoms with Gasteiger partial charge in [0.05, 0.1) is 11.0 Å². The third kappa shape index (κ3) is 5.14. The Labute approximate surface area is 435 Å². The fourth-order valence-corrected chi connectivity index (χ4v) is 15.0. The van der Waals surface area contributed by atoms with Crippen LogP contribution in [0.4, 0.5) is 0 Å². The number of hydrogen-bond acceptors (Lipinski definition) is 4. The Morgan fingerprint density at radius 2 is 0.720 bits per heavy atom. The van der Waals surface area contributed by atoms with Gasteiger partial charge in [-0.1, -0.05) is 185 Å². The minimum Gasteiger partial charge on any atom is -0.278 e. The van der Waals surface area contributed by atoms with Crippen molar-refractivity contribution in [3.05, 3.63) is 200 Å². The number of benzene rings is 8. The molecule has 4 aromatic heterocycles. The van der Waals surface area contributed by atoms with E-state index < -0.39 is 0 Å². The zero-order valence-corrected chi connectivity index (χ0v) is 41.5. The lowest BCUT2D eigenvalue weighted by Crippen LogP contribution is -2.52. The first kappa shape index (κ1) is 40.7. The van der Waals surface area contributed by atoms with E-state index in [1.165, 1.54) is 132 Å². The average molecular weight is 947 g/mol. The molecule has 0 saturated heterocycles. The molecule has 0 atom stereocenters. The zero-order chi connectivity index (χ0) is 49.2. The Kier molecular flexibility index (Phi) is 7.63. The number of hydrogen-bond donors (Lipinski definition) is 0. The number of nitrogens with zero attached hydrogens (tertiary/aromatic N) is 5. The summed E-state index contributed by atoms with van der Waals surface area (Å²) in [6.45, 7) is 7.01. The second kappa shape index (κ2) is 14.1. The molecule has 9 heteroatoms. The van der Waals surface area contributed by atoms with Gasteiger partial charge in [0.2, 0.25) is 19.4 Å². The van der Waals surface area contributed by atoms with E-state index in [2.05, 4.69) is 183 Å². The minimum absolute atomic E-state index is 0.0690. The van der Waals surface area contributed by atoms with Crippen LogP contribution < -0.4 is 65.8 Å². The van der Waals surface area contributed by atoms with Gasteiger partial charge in [0.15, 0.2) is 0 Å². The highest BCUT2D eigenvalue weighted by Gasteiger charge is 2.47.